The zero-order valence-corrected chi connectivity index (χ0v) is 12.5. The fraction of sp³-hybridized carbons (Fsp3) is 0.643. The van der Waals surface area contributed by atoms with Crippen LogP contribution >= 0.6 is 0 Å². The maximum absolute atomic E-state index is 12.6. The number of nitrogens with one attached hydrogen (secondary N) is 1. The Bertz CT molecular complexity index is 764. The van der Waals surface area contributed by atoms with Crippen LogP contribution in [0.3, 0.4) is 0 Å². The van der Waals surface area contributed by atoms with E-state index in [4.69, 9.17) is 0 Å². The number of hydrogen-bond donors (Lipinski definition) is 1. The number of imidazole rings is 1. The molecule has 0 aromatic carbocycles. The van der Waals surface area contributed by atoms with Crippen LogP contribution in [0.25, 0.3) is 11.2 Å². The van der Waals surface area contributed by atoms with E-state index in [1.54, 1.807) is 22.5 Å². The highest BCUT2D eigenvalue weighted by molar-refractivity contribution is 5.69. The van der Waals surface area contributed by atoms with Gasteiger partial charge in [0.1, 0.15) is 0 Å². The van der Waals surface area contributed by atoms with E-state index in [-0.39, 0.29) is 17.3 Å². The van der Waals surface area contributed by atoms with Crippen molar-refractivity contribution in [2.75, 3.05) is 6.54 Å². The number of rotatable bonds is 4. The number of nitrogens with zero attached hydrogens (tertiary/aromatic N) is 4. The molecule has 2 aromatic rings. The molecule has 7 nitrogen and oxygen atoms in total. The lowest BCUT2D eigenvalue weighted by Crippen LogP contribution is -2.44. The lowest BCUT2D eigenvalue weighted by molar-refractivity contribution is 0.468. The van der Waals surface area contributed by atoms with Gasteiger partial charge in [0.2, 0.25) is 0 Å². The predicted molar refractivity (Wildman–Crippen MR) is 80.5 cm³/mol. The lowest BCUT2D eigenvalue weighted by atomic mass is 10.2. The van der Waals surface area contributed by atoms with Gasteiger partial charge in [-0.3, -0.25) is 13.9 Å². The molecule has 0 bridgehead atoms. The van der Waals surface area contributed by atoms with E-state index < -0.39 is 0 Å². The van der Waals surface area contributed by atoms with Crippen LogP contribution in [0.5, 0.6) is 0 Å². The summed E-state index contributed by atoms with van der Waals surface area (Å²) in [6.45, 7) is 3.97. The van der Waals surface area contributed by atoms with E-state index in [1.807, 2.05) is 6.92 Å². The highest BCUT2D eigenvalue weighted by atomic mass is 16.2. The Morgan fingerprint density at radius 3 is 2.86 bits per heavy atom. The maximum Gasteiger partial charge on any atom is 0.332 e. The van der Waals surface area contributed by atoms with Crippen molar-refractivity contribution in [3.63, 3.8) is 0 Å². The van der Waals surface area contributed by atoms with Gasteiger partial charge in [-0.15, -0.1) is 0 Å². The van der Waals surface area contributed by atoms with Gasteiger partial charge in [0, 0.05) is 26.2 Å². The van der Waals surface area contributed by atoms with E-state index in [1.165, 1.54) is 4.57 Å². The average molecular weight is 291 g/mol. The van der Waals surface area contributed by atoms with Gasteiger partial charge in [0.15, 0.2) is 11.2 Å². The van der Waals surface area contributed by atoms with E-state index in [0.29, 0.717) is 24.3 Å². The van der Waals surface area contributed by atoms with Crippen molar-refractivity contribution in [2.45, 2.75) is 45.3 Å². The number of aryl methyl sites for hydroxylation is 2. The van der Waals surface area contributed by atoms with Crippen LogP contribution in [0.15, 0.2) is 15.9 Å². The predicted octanol–water partition coefficient (Wildman–Crippen LogP) is 0.0587. The molecular formula is C14H21N5O2. The molecule has 2 aromatic heterocycles. The van der Waals surface area contributed by atoms with Crippen molar-refractivity contribution in [3.05, 3.63) is 27.2 Å². The van der Waals surface area contributed by atoms with Crippen molar-refractivity contribution in [3.8, 4) is 0 Å². The molecule has 3 rings (SSSR count). The summed E-state index contributed by atoms with van der Waals surface area (Å²) in [6, 6.07) is 0.205. The van der Waals surface area contributed by atoms with Gasteiger partial charge >= 0.3 is 5.69 Å². The summed E-state index contributed by atoms with van der Waals surface area (Å²) in [4.78, 5) is 29.5. The zero-order valence-electron chi connectivity index (χ0n) is 12.5. The monoisotopic (exact) mass is 291 g/mol. The third kappa shape index (κ3) is 2.31. The number of fused-ring (bicyclic) bond motifs is 1. The Morgan fingerprint density at radius 2 is 2.19 bits per heavy atom. The van der Waals surface area contributed by atoms with Crippen LogP contribution in [0.4, 0.5) is 0 Å². The van der Waals surface area contributed by atoms with Crippen molar-refractivity contribution < 1.29 is 0 Å². The first kappa shape index (κ1) is 14.1. The maximum atomic E-state index is 12.6. The fourth-order valence-corrected chi connectivity index (χ4v) is 3.03. The van der Waals surface area contributed by atoms with Crippen LogP contribution in [0.2, 0.25) is 0 Å². The summed E-state index contributed by atoms with van der Waals surface area (Å²) in [5.74, 6) is 0. The zero-order chi connectivity index (χ0) is 15.0. The van der Waals surface area contributed by atoms with Crippen molar-refractivity contribution in [1.82, 2.24) is 24.0 Å². The first-order valence-electron chi connectivity index (χ1n) is 7.51. The standard InChI is InChI=1S/C14H21N5O2/c1-3-7-18-12-11(17(2)9-16-12)13(20)19(14(18)21)8-10-5-4-6-15-10/h9-10,15H,3-8H2,1-2H3. The Balaban J connectivity index is 2.20. The molecule has 0 saturated carbocycles. The minimum absolute atomic E-state index is 0.205. The largest absolute Gasteiger partial charge is 0.332 e. The van der Waals surface area contributed by atoms with Crippen LogP contribution in [-0.4, -0.2) is 31.3 Å². The number of aromatic nitrogens is 4. The van der Waals surface area contributed by atoms with Crippen LogP contribution < -0.4 is 16.6 Å². The van der Waals surface area contributed by atoms with E-state index in [9.17, 15) is 9.59 Å². The molecule has 0 amide bonds. The fourth-order valence-electron chi connectivity index (χ4n) is 3.03. The summed E-state index contributed by atoms with van der Waals surface area (Å²) < 4.78 is 4.68. The first-order valence-corrected chi connectivity index (χ1v) is 7.51. The molecule has 1 saturated heterocycles. The molecule has 7 heteroatoms. The third-order valence-corrected chi connectivity index (χ3v) is 4.10. The lowest BCUT2D eigenvalue weighted by Gasteiger charge is -2.14. The van der Waals surface area contributed by atoms with Gasteiger partial charge in [0.25, 0.3) is 5.56 Å². The average Bonchev–Trinajstić information content (AvgIpc) is 3.09. The Kier molecular flexibility index (Phi) is 3.67. The molecule has 3 heterocycles. The van der Waals surface area contributed by atoms with Gasteiger partial charge in [-0.1, -0.05) is 6.92 Å². The Morgan fingerprint density at radius 1 is 1.38 bits per heavy atom. The molecule has 0 radical (unpaired) electrons. The summed E-state index contributed by atoms with van der Waals surface area (Å²) >= 11 is 0. The second-order valence-corrected chi connectivity index (χ2v) is 5.67. The summed E-state index contributed by atoms with van der Waals surface area (Å²) in [7, 11) is 1.79. The van der Waals surface area contributed by atoms with Crippen LogP contribution in [0.1, 0.15) is 26.2 Å². The van der Waals surface area contributed by atoms with E-state index >= 15 is 0 Å². The molecule has 1 N–H and O–H groups in total. The SMILES string of the molecule is CCCn1c(=O)n(CC2CCCN2)c(=O)c2c1ncn2C. The molecule has 0 aliphatic carbocycles. The Hall–Kier alpha value is -1.89. The normalized spacial score (nSPS) is 18.7. The van der Waals surface area contributed by atoms with E-state index in [2.05, 4.69) is 10.3 Å². The second kappa shape index (κ2) is 5.48. The van der Waals surface area contributed by atoms with Gasteiger partial charge in [-0.25, -0.2) is 9.78 Å². The molecule has 1 unspecified atom stereocenters. The van der Waals surface area contributed by atoms with Gasteiger partial charge in [-0.05, 0) is 25.8 Å². The Labute approximate surface area is 122 Å². The second-order valence-electron chi connectivity index (χ2n) is 5.67. The van der Waals surface area contributed by atoms with Gasteiger partial charge in [-0.2, -0.15) is 0 Å². The summed E-state index contributed by atoms with van der Waals surface area (Å²) in [6.07, 6.45) is 4.51. The molecule has 1 aliphatic heterocycles. The third-order valence-electron chi connectivity index (χ3n) is 4.10. The number of hydrogen-bond acceptors (Lipinski definition) is 4. The molecule has 114 valence electrons. The van der Waals surface area contributed by atoms with Crippen molar-refractivity contribution in [2.24, 2.45) is 7.05 Å². The van der Waals surface area contributed by atoms with Gasteiger partial charge in [0.05, 0.1) is 6.33 Å². The van der Waals surface area contributed by atoms with Gasteiger partial charge < -0.3 is 9.88 Å². The van der Waals surface area contributed by atoms with Crippen molar-refractivity contribution >= 4 is 11.2 Å². The van der Waals surface area contributed by atoms with Crippen molar-refractivity contribution in [1.29, 1.82) is 0 Å². The smallest absolute Gasteiger partial charge is 0.328 e. The molecule has 1 fully saturated rings. The quantitative estimate of drug-likeness (QED) is 0.864. The van der Waals surface area contributed by atoms with Crippen LogP contribution in [0, 0.1) is 0 Å². The minimum atomic E-state index is -0.248. The molecule has 1 aliphatic rings. The molecule has 21 heavy (non-hydrogen) atoms. The minimum Gasteiger partial charge on any atom is -0.328 e. The molecular weight excluding hydrogens is 270 g/mol. The summed E-state index contributed by atoms with van der Waals surface area (Å²) in [5.41, 5.74) is 0.504. The highest BCUT2D eigenvalue weighted by Crippen LogP contribution is 2.08. The van der Waals surface area contributed by atoms with Crippen LogP contribution in [-0.2, 0) is 20.1 Å². The topological polar surface area (TPSA) is 73.8 Å². The first-order chi connectivity index (χ1) is 10.1. The molecule has 0 spiro atoms. The molecule has 1 atom stereocenters. The summed E-state index contributed by atoms with van der Waals surface area (Å²) in [5, 5.41) is 3.34. The van der Waals surface area contributed by atoms with E-state index in [0.717, 1.165) is 25.8 Å². The highest BCUT2D eigenvalue weighted by Gasteiger charge is 2.21.